The number of fused-ring (bicyclic) bond motifs is 1. The van der Waals surface area contributed by atoms with Crippen molar-refractivity contribution in [2.24, 2.45) is 0 Å². The fraction of sp³-hybridized carbons (Fsp3) is 0.333. The maximum Gasteiger partial charge on any atom is 0.245 e. The number of aromatic nitrogens is 2. The van der Waals surface area contributed by atoms with E-state index in [2.05, 4.69) is 10.1 Å². The molecule has 1 fully saturated rings. The Morgan fingerprint density at radius 2 is 1.93 bits per heavy atom. The number of hydrogen-bond acceptors (Lipinski definition) is 7. The molecule has 156 valence electrons. The molecule has 3 aromatic rings. The van der Waals surface area contributed by atoms with Crippen molar-refractivity contribution in [2.75, 3.05) is 13.3 Å². The molecular formula is C21H21N3O5S. The molecule has 0 aliphatic carbocycles. The summed E-state index contributed by atoms with van der Waals surface area (Å²) in [6, 6.07) is 10.2. The molecule has 1 atom stereocenters. The molecule has 0 spiro atoms. The topological polar surface area (TPSA) is 94.8 Å². The maximum atomic E-state index is 13.3. The Morgan fingerprint density at radius 1 is 1.03 bits per heavy atom. The third kappa shape index (κ3) is 3.44. The second-order valence-electron chi connectivity index (χ2n) is 7.35. The predicted molar refractivity (Wildman–Crippen MR) is 107 cm³/mol. The monoisotopic (exact) mass is 427 g/mol. The van der Waals surface area contributed by atoms with Gasteiger partial charge in [-0.05, 0) is 43.2 Å². The van der Waals surface area contributed by atoms with Gasteiger partial charge in [-0.2, -0.15) is 4.31 Å². The lowest BCUT2D eigenvalue weighted by molar-refractivity contribution is 0.174. The molecule has 4 heterocycles. The van der Waals surface area contributed by atoms with Crippen molar-refractivity contribution in [3.8, 4) is 22.8 Å². The van der Waals surface area contributed by atoms with Crippen LogP contribution in [0.5, 0.6) is 11.5 Å². The van der Waals surface area contributed by atoms with Crippen LogP contribution in [0.15, 0.2) is 58.2 Å². The minimum absolute atomic E-state index is 0.191. The maximum absolute atomic E-state index is 13.3. The minimum atomic E-state index is -3.69. The molecule has 0 amide bonds. The first-order valence-electron chi connectivity index (χ1n) is 9.91. The van der Waals surface area contributed by atoms with Crippen LogP contribution in [0.4, 0.5) is 0 Å². The molecule has 1 saturated heterocycles. The molecule has 5 rings (SSSR count). The van der Waals surface area contributed by atoms with Gasteiger partial charge >= 0.3 is 0 Å². The van der Waals surface area contributed by atoms with Crippen molar-refractivity contribution in [2.45, 2.75) is 36.6 Å². The molecule has 8 nitrogen and oxygen atoms in total. The Morgan fingerprint density at radius 3 is 2.80 bits per heavy atom. The van der Waals surface area contributed by atoms with Crippen LogP contribution in [0, 0.1) is 0 Å². The lowest BCUT2D eigenvalue weighted by atomic mass is 10.1. The van der Waals surface area contributed by atoms with Crippen LogP contribution in [0.25, 0.3) is 11.3 Å². The standard InChI is InChI=1S/C21H21N3O5S/c25-30(26,16-5-4-9-22-13-16)24-10-3-1-2-6-18(24)17-12-20(29-23-17)15-7-8-19-21(11-15)28-14-27-19/h4-5,7-9,11-13,18H,1-3,6,10,14H2/t18-/m0/s1. The van der Waals surface area contributed by atoms with Crippen LogP contribution < -0.4 is 9.47 Å². The molecule has 0 N–H and O–H groups in total. The van der Waals surface area contributed by atoms with Gasteiger partial charge in [-0.3, -0.25) is 4.98 Å². The summed E-state index contributed by atoms with van der Waals surface area (Å²) in [7, 11) is -3.69. The van der Waals surface area contributed by atoms with Crippen LogP contribution in [0.2, 0.25) is 0 Å². The molecule has 0 unspecified atom stereocenters. The van der Waals surface area contributed by atoms with Gasteiger partial charge in [-0.1, -0.05) is 18.0 Å². The van der Waals surface area contributed by atoms with E-state index in [-0.39, 0.29) is 17.7 Å². The van der Waals surface area contributed by atoms with Crippen molar-refractivity contribution in [3.63, 3.8) is 0 Å². The third-order valence-electron chi connectivity index (χ3n) is 5.47. The lowest BCUT2D eigenvalue weighted by Gasteiger charge is -2.27. The molecule has 0 bridgehead atoms. The Bertz CT molecular complexity index is 1150. The quantitative estimate of drug-likeness (QED) is 0.625. The van der Waals surface area contributed by atoms with Crippen molar-refractivity contribution in [1.29, 1.82) is 0 Å². The molecule has 2 aliphatic rings. The number of nitrogens with zero attached hydrogens (tertiary/aromatic N) is 3. The zero-order valence-electron chi connectivity index (χ0n) is 16.2. The molecule has 1 aromatic carbocycles. The Balaban J connectivity index is 1.49. The number of ether oxygens (including phenoxy) is 2. The molecular weight excluding hydrogens is 406 g/mol. The Hall–Kier alpha value is -2.91. The largest absolute Gasteiger partial charge is 0.454 e. The van der Waals surface area contributed by atoms with Gasteiger partial charge in [0.1, 0.15) is 10.6 Å². The van der Waals surface area contributed by atoms with Crippen LogP contribution in [-0.4, -0.2) is 36.2 Å². The molecule has 30 heavy (non-hydrogen) atoms. The molecule has 9 heteroatoms. The SMILES string of the molecule is O=S(=O)(c1cccnc1)N1CCCCC[C@H]1c1cc(-c2ccc3c(c2)OCO3)on1. The van der Waals surface area contributed by atoms with E-state index in [1.807, 2.05) is 24.3 Å². The van der Waals surface area contributed by atoms with E-state index in [1.54, 1.807) is 18.3 Å². The van der Waals surface area contributed by atoms with Gasteiger partial charge in [0.25, 0.3) is 0 Å². The predicted octanol–water partition coefficient (Wildman–Crippen LogP) is 3.77. The summed E-state index contributed by atoms with van der Waals surface area (Å²) in [6.45, 7) is 0.637. The zero-order valence-corrected chi connectivity index (χ0v) is 17.0. The van der Waals surface area contributed by atoms with E-state index in [4.69, 9.17) is 14.0 Å². The summed E-state index contributed by atoms with van der Waals surface area (Å²) in [6.07, 6.45) is 6.35. The number of pyridine rings is 1. The zero-order chi connectivity index (χ0) is 20.6. The number of sulfonamides is 1. The average Bonchev–Trinajstić information content (AvgIpc) is 3.38. The summed E-state index contributed by atoms with van der Waals surface area (Å²) >= 11 is 0. The molecule has 2 aromatic heterocycles. The van der Waals surface area contributed by atoms with Crippen molar-refractivity contribution in [1.82, 2.24) is 14.4 Å². The van der Waals surface area contributed by atoms with Gasteiger partial charge < -0.3 is 14.0 Å². The van der Waals surface area contributed by atoms with E-state index in [9.17, 15) is 8.42 Å². The van der Waals surface area contributed by atoms with Crippen LogP contribution >= 0.6 is 0 Å². The summed E-state index contributed by atoms with van der Waals surface area (Å²) < 4.78 is 44.6. The normalized spacial score (nSPS) is 19.5. The van der Waals surface area contributed by atoms with Crippen LogP contribution in [-0.2, 0) is 10.0 Å². The van der Waals surface area contributed by atoms with E-state index < -0.39 is 10.0 Å². The van der Waals surface area contributed by atoms with Crippen molar-refractivity contribution < 1.29 is 22.4 Å². The summed E-state index contributed by atoms with van der Waals surface area (Å²) in [5.41, 5.74) is 1.41. The number of rotatable bonds is 4. The highest BCUT2D eigenvalue weighted by molar-refractivity contribution is 7.89. The lowest BCUT2D eigenvalue weighted by Crippen LogP contribution is -2.35. The van der Waals surface area contributed by atoms with Crippen molar-refractivity contribution >= 4 is 10.0 Å². The van der Waals surface area contributed by atoms with E-state index in [0.29, 0.717) is 35.9 Å². The van der Waals surface area contributed by atoms with Gasteiger partial charge in [0.05, 0.1) is 6.04 Å². The number of hydrogen-bond donors (Lipinski definition) is 0. The van der Waals surface area contributed by atoms with E-state index in [1.165, 1.54) is 10.5 Å². The van der Waals surface area contributed by atoms with E-state index in [0.717, 1.165) is 24.8 Å². The van der Waals surface area contributed by atoms with Crippen LogP contribution in [0.1, 0.15) is 37.4 Å². The van der Waals surface area contributed by atoms with Crippen molar-refractivity contribution in [3.05, 3.63) is 54.5 Å². The highest BCUT2D eigenvalue weighted by atomic mass is 32.2. The highest BCUT2D eigenvalue weighted by Gasteiger charge is 2.35. The second-order valence-corrected chi connectivity index (χ2v) is 9.24. The first-order valence-corrected chi connectivity index (χ1v) is 11.4. The molecule has 0 radical (unpaired) electrons. The van der Waals surface area contributed by atoms with E-state index >= 15 is 0 Å². The second kappa shape index (κ2) is 7.73. The first-order chi connectivity index (χ1) is 14.6. The van der Waals surface area contributed by atoms with Gasteiger partial charge in [0.15, 0.2) is 17.3 Å². The van der Waals surface area contributed by atoms with Gasteiger partial charge in [-0.15, -0.1) is 0 Å². The fourth-order valence-electron chi connectivity index (χ4n) is 3.93. The molecule has 0 saturated carbocycles. The average molecular weight is 427 g/mol. The highest BCUT2D eigenvalue weighted by Crippen LogP contribution is 2.38. The smallest absolute Gasteiger partial charge is 0.245 e. The van der Waals surface area contributed by atoms with Crippen LogP contribution in [0.3, 0.4) is 0 Å². The third-order valence-corrected chi connectivity index (χ3v) is 7.36. The first kappa shape index (κ1) is 19.1. The van der Waals surface area contributed by atoms with Gasteiger partial charge in [0.2, 0.25) is 16.8 Å². The van der Waals surface area contributed by atoms with Gasteiger partial charge in [0, 0.05) is 30.6 Å². The summed E-state index contributed by atoms with van der Waals surface area (Å²) in [5, 5.41) is 4.24. The summed E-state index contributed by atoms with van der Waals surface area (Å²) in [4.78, 5) is 4.17. The number of benzene rings is 1. The minimum Gasteiger partial charge on any atom is -0.454 e. The Kier molecular flexibility index (Phi) is 4.92. The van der Waals surface area contributed by atoms with Gasteiger partial charge in [-0.25, -0.2) is 8.42 Å². The summed E-state index contributed by atoms with van der Waals surface area (Å²) in [5.74, 6) is 1.91. The molecule has 2 aliphatic heterocycles. The Labute approximate surface area is 174 Å². The fourth-order valence-corrected chi connectivity index (χ4v) is 5.57.